The summed E-state index contributed by atoms with van der Waals surface area (Å²) in [5.41, 5.74) is 2.79. The van der Waals surface area contributed by atoms with Gasteiger partial charge in [-0.05, 0) is 0 Å². The summed E-state index contributed by atoms with van der Waals surface area (Å²) in [6.07, 6.45) is 24.9. The average molecular weight is 528 g/mol. The van der Waals surface area contributed by atoms with Crippen molar-refractivity contribution in [2.45, 2.75) is 155 Å². The fourth-order valence-electron chi connectivity index (χ4n) is 4.50. The van der Waals surface area contributed by atoms with Crippen LogP contribution in [0.15, 0.2) is 9.88 Å². The molecule has 0 aliphatic carbocycles. The maximum atomic E-state index is 6.22. The van der Waals surface area contributed by atoms with E-state index >= 15 is 0 Å². The molecule has 2 atom stereocenters. The quantitative estimate of drug-likeness (QED) is 0.0983. The average Bonchev–Trinajstić information content (AvgIpc) is 3.31. The van der Waals surface area contributed by atoms with E-state index < -0.39 is 0 Å². The van der Waals surface area contributed by atoms with Crippen LogP contribution in [0.3, 0.4) is 0 Å². The molecule has 0 N–H and O–H groups in total. The fraction of sp³-hybridized carbons (Fsp3) is 0.867. The van der Waals surface area contributed by atoms with E-state index in [-0.39, 0.29) is 12.2 Å². The van der Waals surface area contributed by atoms with Gasteiger partial charge in [-0.15, -0.1) is 0 Å². The molecule has 0 spiro atoms. The molecule has 3 heteroatoms. The Morgan fingerprint density at radius 2 is 0.818 bits per heavy atom. The van der Waals surface area contributed by atoms with Gasteiger partial charge in [-0.1, -0.05) is 39.5 Å². The molecule has 0 amide bonds. The standard InChI is InChI=1S/C30H56O2Se/c1-5-7-9-11-13-15-17-19-21-23-31-27(3)29-25-33-26-30(29)28(4)32-24-22-20-18-16-14-12-10-8-6-2/h25-28H,5-24H2,1-4H3. The molecule has 1 aromatic heterocycles. The summed E-state index contributed by atoms with van der Waals surface area (Å²) >= 11 is 0.468. The smallest absolute Gasteiger partial charge is 0.0654 e. The SMILES string of the molecule is CCCCCCCCCCCOC(C)c1c[se]cc1C(C)OCCCCCCCCCCC. The molecular formula is C30H56O2Se. The molecule has 2 unspecified atom stereocenters. The summed E-state index contributed by atoms with van der Waals surface area (Å²) < 4.78 is 12.4. The summed E-state index contributed by atoms with van der Waals surface area (Å²) in [6, 6.07) is 0. The first kappa shape index (κ1) is 30.9. The van der Waals surface area contributed by atoms with Gasteiger partial charge in [-0.2, -0.15) is 0 Å². The zero-order valence-corrected chi connectivity index (χ0v) is 24.4. The van der Waals surface area contributed by atoms with Crippen LogP contribution in [0.2, 0.25) is 0 Å². The van der Waals surface area contributed by atoms with E-state index in [1.54, 1.807) is 0 Å². The number of hydrogen-bond acceptors (Lipinski definition) is 2. The molecule has 0 radical (unpaired) electrons. The van der Waals surface area contributed by atoms with Crippen molar-refractivity contribution in [3.8, 4) is 0 Å². The minimum absolute atomic E-state index is 0.202. The molecule has 0 aromatic carbocycles. The third-order valence-corrected chi connectivity index (χ3v) is 8.47. The Morgan fingerprint density at radius 3 is 1.15 bits per heavy atom. The molecule has 0 aliphatic rings. The van der Waals surface area contributed by atoms with Gasteiger partial charge in [0, 0.05) is 0 Å². The van der Waals surface area contributed by atoms with Gasteiger partial charge in [-0.25, -0.2) is 0 Å². The number of ether oxygens (including phenoxy) is 2. The van der Waals surface area contributed by atoms with Crippen LogP contribution in [-0.4, -0.2) is 27.7 Å². The monoisotopic (exact) mass is 528 g/mol. The summed E-state index contributed by atoms with van der Waals surface area (Å²) in [5.74, 6) is 0. The van der Waals surface area contributed by atoms with Crippen LogP contribution in [0.1, 0.15) is 167 Å². The van der Waals surface area contributed by atoms with Crippen LogP contribution in [0.25, 0.3) is 0 Å². The van der Waals surface area contributed by atoms with Crippen LogP contribution in [0.4, 0.5) is 0 Å². The molecule has 33 heavy (non-hydrogen) atoms. The summed E-state index contributed by atoms with van der Waals surface area (Å²) in [4.78, 5) is 4.81. The van der Waals surface area contributed by atoms with Crippen molar-refractivity contribution >= 4 is 14.5 Å². The second-order valence-electron chi connectivity index (χ2n) is 9.97. The van der Waals surface area contributed by atoms with E-state index in [4.69, 9.17) is 9.47 Å². The van der Waals surface area contributed by atoms with Gasteiger partial charge in [0.25, 0.3) is 0 Å². The Kier molecular flexibility index (Phi) is 21.0. The predicted octanol–water partition coefficient (Wildman–Crippen LogP) is 9.96. The van der Waals surface area contributed by atoms with E-state index in [1.165, 1.54) is 127 Å². The molecule has 1 aromatic rings. The zero-order valence-electron chi connectivity index (χ0n) is 22.7. The Balaban J connectivity index is 2.09. The van der Waals surface area contributed by atoms with Gasteiger partial charge in [0.1, 0.15) is 0 Å². The number of unbranched alkanes of at least 4 members (excludes halogenated alkanes) is 16. The molecule has 0 saturated heterocycles. The Morgan fingerprint density at radius 1 is 0.515 bits per heavy atom. The fourth-order valence-corrected chi connectivity index (χ4v) is 6.64. The van der Waals surface area contributed by atoms with E-state index in [1.807, 2.05) is 0 Å². The van der Waals surface area contributed by atoms with Crippen molar-refractivity contribution in [3.63, 3.8) is 0 Å². The zero-order chi connectivity index (χ0) is 24.0. The van der Waals surface area contributed by atoms with Crippen molar-refractivity contribution in [1.82, 2.24) is 0 Å². The van der Waals surface area contributed by atoms with Crippen LogP contribution < -0.4 is 0 Å². The third-order valence-electron chi connectivity index (χ3n) is 6.83. The molecule has 2 nitrogen and oxygen atoms in total. The van der Waals surface area contributed by atoms with Gasteiger partial charge in [0.2, 0.25) is 0 Å². The molecule has 0 fully saturated rings. The van der Waals surface area contributed by atoms with Crippen LogP contribution >= 0.6 is 0 Å². The van der Waals surface area contributed by atoms with Crippen LogP contribution in [0.5, 0.6) is 0 Å². The van der Waals surface area contributed by atoms with Gasteiger partial charge >= 0.3 is 174 Å². The topological polar surface area (TPSA) is 18.5 Å². The summed E-state index contributed by atoms with van der Waals surface area (Å²) in [5, 5.41) is 0. The van der Waals surface area contributed by atoms with Crippen molar-refractivity contribution in [1.29, 1.82) is 0 Å². The number of hydrogen-bond donors (Lipinski definition) is 0. The maximum absolute atomic E-state index is 6.22. The number of rotatable bonds is 24. The van der Waals surface area contributed by atoms with Gasteiger partial charge < -0.3 is 0 Å². The molecule has 1 rings (SSSR count). The summed E-state index contributed by atoms with van der Waals surface area (Å²) in [7, 11) is 0. The Bertz CT molecular complexity index is 483. The van der Waals surface area contributed by atoms with Gasteiger partial charge in [-0.3, -0.25) is 0 Å². The first-order valence-electron chi connectivity index (χ1n) is 14.5. The minimum atomic E-state index is 0.202. The van der Waals surface area contributed by atoms with Crippen LogP contribution in [-0.2, 0) is 9.47 Å². The molecule has 194 valence electrons. The Hall–Kier alpha value is -0.0805. The van der Waals surface area contributed by atoms with E-state index in [9.17, 15) is 0 Å². The summed E-state index contributed by atoms with van der Waals surface area (Å²) in [6.45, 7) is 10.8. The second kappa shape index (κ2) is 22.4. The molecule has 0 aliphatic heterocycles. The van der Waals surface area contributed by atoms with Gasteiger partial charge in [0.15, 0.2) is 0 Å². The Labute approximate surface area is 213 Å². The molecule has 1 heterocycles. The first-order chi connectivity index (χ1) is 16.2. The molecular weight excluding hydrogens is 471 g/mol. The minimum Gasteiger partial charge on any atom is -0.0654 e. The van der Waals surface area contributed by atoms with E-state index in [2.05, 4.69) is 37.6 Å². The first-order valence-corrected chi connectivity index (χ1v) is 16.5. The van der Waals surface area contributed by atoms with Crippen molar-refractivity contribution in [2.75, 3.05) is 13.2 Å². The van der Waals surface area contributed by atoms with Crippen molar-refractivity contribution in [3.05, 3.63) is 21.0 Å². The second-order valence-corrected chi connectivity index (χ2v) is 11.5. The van der Waals surface area contributed by atoms with Crippen molar-refractivity contribution in [2.24, 2.45) is 0 Å². The van der Waals surface area contributed by atoms with Gasteiger partial charge in [0.05, 0.1) is 0 Å². The van der Waals surface area contributed by atoms with E-state index in [0.29, 0.717) is 14.5 Å². The third kappa shape index (κ3) is 16.3. The van der Waals surface area contributed by atoms with E-state index in [0.717, 1.165) is 13.2 Å². The van der Waals surface area contributed by atoms with Crippen LogP contribution in [0, 0.1) is 0 Å². The molecule has 0 saturated carbocycles. The predicted molar refractivity (Wildman–Crippen MR) is 147 cm³/mol. The van der Waals surface area contributed by atoms with Crippen molar-refractivity contribution < 1.29 is 9.47 Å². The normalized spacial score (nSPS) is 13.5. The molecule has 0 bridgehead atoms.